The minimum Gasteiger partial charge on any atom is -0.481 e. The fourth-order valence-corrected chi connectivity index (χ4v) is 1.25. The number of rotatable bonds is 4. The molecule has 0 unspecified atom stereocenters. The molecule has 5 heteroatoms. The Kier molecular flexibility index (Phi) is 5.34. The minimum atomic E-state index is -1.04. The van der Waals surface area contributed by atoms with Crippen LogP contribution in [0, 0.1) is 11.8 Å². The van der Waals surface area contributed by atoms with E-state index in [-0.39, 0.29) is 0 Å². The monoisotopic (exact) mass is 253 g/mol. The third-order valence-electron chi connectivity index (χ3n) is 1.78. The van der Waals surface area contributed by atoms with Gasteiger partial charge >= 0.3 is 5.97 Å². The van der Waals surface area contributed by atoms with E-state index in [1.165, 1.54) is 0 Å². The van der Waals surface area contributed by atoms with Crippen molar-refractivity contribution in [3.05, 3.63) is 28.8 Å². The van der Waals surface area contributed by atoms with Gasteiger partial charge in [0.15, 0.2) is 6.61 Å². The Morgan fingerprint density at radius 2 is 2.35 bits per heavy atom. The first kappa shape index (κ1) is 13.4. The molecule has 2 N–H and O–H groups in total. The number of ether oxygens (including phenoxy) is 1. The summed E-state index contributed by atoms with van der Waals surface area (Å²) < 4.78 is 5.10. The molecule has 0 atom stereocenters. The van der Waals surface area contributed by atoms with E-state index in [0.29, 0.717) is 22.9 Å². The molecular formula is C12H12ClNO3. The Morgan fingerprint density at radius 1 is 1.59 bits per heavy atom. The van der Waals surface area contributed by atoms with Crippen LogP contribution in [0.5, 0.6) is 5.75 Å². The Labute approximate surface area is 105 Å². The fourth-order valence-electron chi connectivity index (χ4n) is 1.09. The summed E-state index contributed by atoms with van der Waals surface area (Å²) in [5.74, 6) is 5.08. The smallest absolute Gasteiger partial charge is 0.341 e. The molecule has 0 aliphatic carbocycles. The van der Waals surface area contributed by atoms with Gasteiger partial charge < -0.3 is 15.2 Å². The quantitative estimate of drug-likeness (QED) is 0.796. The van der Waals surface area contributed by atoms with E-state index >= 15 is 0 Å². The average molecular weight is 254 g/mol. The first-order valence-electron chi connectivity index (χ1n) is 4.91. The van der Waals surface area contributed by atoms with E-state index in [2.05, 4.69) is 17.2 Å². The molecule has 0 aromatic heterocycles. The van der Waals surface area contributed by atoms with Gasteiger partial charge in [-0.3, -0.25) is 0 Å². The van der Waals surface area contributed by atoms with Gasteiger partial charge in [0.2, 0.25) is 0 Å². The first-order chi connectivity index (χ1) is 8.13. The molecule has 0 heterocycles. The van der Waals surface area contributed by atoms with E-state index in [4.69, 9.17) is 21.4 Å². The van der Waals surface area contributed by atoms with Crippen molar-refractivity contribution < 1.29 is 14.6 Å². The summed E-state index contributed by atoms with van der Waals surface area (Å²) in [4.78, 5) is 10.4. The van der Waals surface area contributed by atoms with Crippen LogP contribution in [0.25, 0.3) is 0 Å². The SMILES string of the molecule is CNCC#Cc1ccc(Cl)cc1OCC(=O)O. The molecule has 0 saturated carbocycles. The molecule has 0 saturated heterocycles. The van der Waals surface area contributed by atoms with E-state index in [1.54, 1.807) is 25.2 Å². The van der Waals surface area contributed by atoms with Crippen molar-refractivity contribution in [1.82, 2.24) is 5.32 Å². The van der Waals surface area contributed by atoms with Crippen LogP contribution in [0.3, 0.4) is 0 Å². The number of nitrogens with one attached hydrogen (secondary N) is 1. The summed E-state index contributed by atoms with van der Waals surface area (Å²) in [5, 5.41) is 11.9. The molecule has 0 fully saturated rings. The van der Waals surface area contributed by atoms with E-state index in [1.807, 2.05) is 0 Å². The Morgan fingerprint density at radius 3 is 3.00 bits per heavy atom. The van der Waals surface area contributed by atoms with Crippen LogP contribution in [0.1, 0.15) is 5.56 Å². The van der Waals surface area contributed by atoms with Crippen LogP contribution in [-0.2, 0) is 4.79 Å². The summed E-state index contributed by atoms with van der Waals surface area (Å²) in [6.45, 7) is 0.127. The maximum absolute atomic E-state index is 10.4. The van der Waals surface area contributed by atoms with Crippen molar-refractivity contribution in [2.75, 3.05) is 20.2 Å². The van der Waals surface area contributed by atoms with Crippen LogP contribution < -0.4 is 10.1 Å². The lowest BCUT2D eigenvalue weighted by molar-refractivity contribution is -0.139. The second-order valence-corrected chi connectivity index (χ2v) is 3.59. The summed E-state index contributed by atoms with van der Waals surface area (Å²) in [7, 11) is 1.79. The lowest BCUT2D eigenvalue weighted by atomic mass is 10.2. The van der Waals surface area contributed by atoms with Crippen LogP contribution in [0.4, 0.5) is 0 Å². The van der Waals surface area contributed by atoms with Crippen molar-refractivity contribution >= 4 is 17.6 Å². The Bertz CT molecular complexity index is 463. The third kappa shape index (κ3) is 4.77. The zero-order chi connectivity index (χ0) is 12.7. The number of aliphatic carboxylic acids is 1. The molecule has 1 rings (SSSR count). The number of halogens is 1. The second-order valence-electron chi connectivity index (χ2n) is 3.16. The minimum absolute atomic E-state index is 0.378. The number of carboxylic acids is 1. The van der Waals surface area contributed by atoms with E-state index in [0.717, 1.165) is 0 Å². The fraction of sp³-hybridized carbons (Fsp3) is 0.250. The number of carbonyl (C=O) groups is 1. The molecule has 90 valence electrons. The van der Waals surface area contributed by atoms with Gasteiger partial charge in [-0.05, 0) is 19.2 Å². The van der Waals surface area contributed by atoms with Gasteiger partial charge in [0.05, 0.1) is 12.1 Å². The topological polar surface area (TPSA) is 58.6 Å². The van der Waals surface area contributed by atoms with Crippen molar-refractivity contribution in [2.45, 2.75) is 0 Å². The van der Waals surface area contributed by atoms with Crippen LogP contribution in [0.15, 0.2) is 18.2 Å². The lowest BCUT2D eigenvalue weighted by Crippen LogP contribution is -2.10. The maximum Gasteiger partial charge on any atom is 0.341 e. The number of hydrogen-bond acceptors (Lipinski definition) is 3. The van der Waals surface area contributed by atoms with E-state index in [9.17, 15) is 4.79 Å². The predicted molar refractivity (Wildman–Crippen MR) is 65.4 cm³/mol. The van der Waals surface area contributed by atoms with Crippen LogP contribution in [-0.4, -0.2) is 31.3 Å². The zero-order valence-corrected chi connectivity index (χ0v) is 10.0. The van der Waals surface area contributed by atoms with Gasteiger partial charge in [0.25, 0.3) is 0 Å². The van der Waals surface area contributed by atoms with Gasteiger partial charge in [0.1, 0.15) is 5.75 Å². The summed E-state index contributed by atoms with van der Waals surface area (Å²) in [6.07, 6.45) is 0. The molecule has 0 aliphatic heterocycles. The van der Waals surface area contributed by atoms with Crippen molar-refractivity contribution in [3.63, 3.8) is 0 Å². The average Bonchev–Trinajstić information content (AvgIpc) is 2.29. The standard InChI is InChI=1S/C12H12ClNO3/c1-14-6-2-3-9-4-5-10(13)7-11(9)17-8-12(15)16/h4-5,7,14H,6,8H2,1H3,(H,15,16). The van der Waals surface area contributed by atoms with Gasteiger partial charge in [-0.25, -0.2) is 4.79 Å². The largest absolute Gasteiger partial charge is 0.481 e. The molecule has 0 aliphatic rings. The summed E-state index contributed by atoms with van der Waals surface area (Å²) in [5.41, 5.74) is 0.617. The molecule has 1 aromatic rings. The highest BCUT2D eigenvalue weighted by Gasteiger charge is 2.05. The summed E-state index contributed by atoms with van der Waals surface area (Å²) >= 11 is 5.81. The van der Waals surface area contributed by atoms with Gasteiger partial charge in [-0.2, -0.15) is 0 Å². The first-order valence-corrected chi connectivity index (χ1v) is 5.29. The molecule has 17 heavy (non-hydrogen) atoms. The highest BCUT2D eigenvalue weighted by molar-refractivity contribution is 6.30. The molecule has 0 radical (unpaired) electrons. The van der Waals surface area contributed by atoms with E-state index < -0.39 is 12.6 Å². The highest BCUT2D eigenvalue weighted by Crippen LogP contribution is 2.22. The number of carboxylic acid groups (broad SMARTS) is 1. The molecule has 0 bridgehead atoms. The van der Waals surface area contributed by atoms with Gasteiger partial charge in [0, 0.05) is 11.1 Å². The maximum atomic E-state index is 10.4. The molecule has 1 aromatic carbocycles. The Hall–Kier alpha value is -1.70. The highest BCUT2D eigenvalue weighted by atomic mass is 35.5. The summed E-state index contributed by atoms with van der Waals surface area (Å²) in [6, 6.07) is 4.93. The lowest BCUT2D eigenvalue weighted by Gasteiger charge is -2.06. The predicted octanol–water partition coefficient (Wildman–Crippen LogP) is 1.37. The van der Waals surface area contributed by atoms with Crippen molar-refractivity contribution in [3.8, 4) is 17.6 Å². The zero-order valence-electron chi connectivity index (χ0n) is 9.29. The normalized spacial score (nSPS) is 9.29. The number of hydrogen-bond donors (Lipinski definition) is 2. The second kappa shape index (κ2) is 6.79. The van der Waals surface area contributed by atoms with Crippen molar-refractivity contribution in [2.24, 2.45) is 0 Å². The molecular weight excluding hydrogens is 242 g/mol. The van der Waals surface area contributed by atoms with Crippen molar-refractivity contribution in [1.29, 1.82) is 0 Å². The third-order valence-corrected chi connectivity index (χ3v) is 2.02. The molecule has 0 amide bonds. The van der Waals surface area contributed by atoms with Gasteiger partial charge in [-0.15, -0.1) is 0 Å². The Balaban J connectivity index is 2.88. The number of benzene rings is 1. The van der Waals surface area contributed by atoms with Crippen LogP contribution >= 0.6 is 11.6 Å². The molecule has 4 nitrogen and oxygen atoms in total. The molecule has 0 spiro atoms. The van der Waals surface area contributed by atoms with Gasteiger partial charge in [-0.1, -0.05) is 23.4 Å². The van der Waals surface area contributed by atoms with Crippen LogP contribution in [0.2, 0.25) is 5.02 Å².